The number of ether oxygens (including phenoxy) is 2. The molecule has 0 fully saturated rings. The highest BCUT2D eigenvalue weighted by atomic mass is 32.2. The second-order valence-corrected chi connectivity index (χ2v) is 7.98. The van der Waals surface area contributed by atoms with E-state index in [0.717, 1.165) is 17.7 Å². The summed E-state index contributed by atoms with van der Waals surface area (Å²) in [5.74, 6) is 1.99. The van der Waals surface area contributed by atoms with Crippen LogP contribution in [0.5, 0.6) is 11.5 Å². The standard InChI is InChI=1S/C24H20F3N3O2S/c1-31-20-12-11-17(13-21(20)32-2)22-28-29-23(33-15-16-7-4-3-5-8-16)30(22)19-10-6-9-18(14-19)24(25,26)27/h3-14H,15H2,1-2H3. The first kappa shape index (κ1) is 22.7. The van der Waals surface area contributed by atoms with Crippen molar-refractivity contribution in [2.45, 2.75) is 17.1 Å². The predicted molar refractivity (Wildman–Crippen MR) is 121 cm³/mol. The van der Waals surface area contributed by atoms with Crippen LogP contribution >= 0.6 is 11.8 Å². The quantitative estimate of drug-likeness (QED) is 0.298. The van der Waals surface area contributed by atoms with Crippen molar-refractivity contribution in [1.29, 1.82) is 0 Å². The minimum absolute atomic E-state index is 0.315. The summed E-state index contributed by atoms with van der Waals surface area (Å²) >= 11 is 1.39. The molecule has 9 heteroatoms. The summed E-state index contributed by atoms with van der Waals surface area (Å²) in [7, 11) is 3.04. The number of thioether (sulfide) groups is 1. The molecular formula is C24H20F3N3O2S. The maximum absolute atomic E-state index is 13.4. The number of hydrogen-bond acceptors (Lipinski definition) is 5. The molecule has 0 aliphatic rings. The fourth-order valence-corrected chi connectivity index (χ4v) is 4.21. The van der Waals surface area contributed by atoms with Gasteiger partial charge in [0.05, 0.1) is 25.5 Å². The summed E-state index contributed by atoms with van der Waals surface area (Å²) < 4.78 is 52.5. The number of nitrogens with zero attached hydrogens (tertiary/aromatic N) is 3. The van der Waals surface area contributed by atoms with Crippen LogP contribution in [0.4, 0.5) is 13.2 Å². The minimum Gasteiger partial charge on any atom is -0.493 e. The third kappa shape index (κ3) is 4.98. The second-order valence-electron chi connectivity index (χ2n) is 7.03. The summed E-state index contributed by atoms with van der Waals surface area (Å²) in [6.07, 6.45) is -4.47. The first-order valence-corrected chi connectivity index (χ1v) is 10.9. The van der Waals surface area contributed by atoms with Gasteiger partial charge in [0.1, 0.15) is 0 Å². The average molecular weight is 472 g/mol. The van der Waals surface area contributed by atoms with Crippen LogP contribution < -0.4 is 9.47 Å². The SMILES string of the molecule is COc1ccc(-c2nnc(SCc3ccccc3)n2-c2cccc(C(F)(F)F)c2)cc1OC. The zero-order valence-corrected chi connectivity index (χ0v) is 18.7. The van der Waals surface area contributed by atoms with Crippen molar-refractivity contribution < 1.29 is 22.6 Å². The molecule has 33 heavy (non-hydrogen) atoms. The van der Waals surface area contributed by atoms with E-state index >= 15 is 0 Å². The Kier molecular flexibility index (Phi) is 6.60. The molecule has 0 saturated heterocycles. The number of methoxy groups -OCH3 is 2. The first-order chi connectivity index (χ1) is 15.9. The highest BCUT2D eigenvalue weighted by molar-refractivity contribution is 7.98. The van der Waals surface area contributed by atoms with Gasteiger partial charge in [0, 0.05) is 11.3 Å². The highest BCUT2D eigenvalue weighted by Crippen LogP contribution is 2.36. The molecule has 0 aliphatic heterocycles. The number of hydrogen-bond donors (Lipinski definition) is 0. The van der Waals surface area contributed by atoms with Crippen LogP contribution in [0.2, 0.25) is 0 Å². The molecule has 0 saturated carbocycles. The van der Waals surface area contributed by atoms with Gasteiger partial charge in [-0.1, -0.05) is 48.2 Å². The van der Waals surface area contributed by atoms with E-state index in [1.807, 2.05) is 30.3 Å². The summed E-state index contributed by atoms with van der Waals surface area (Å²) in [6, 6.07) is 20.1. The molecule has 170 valence electrons. The highest BCUT2D eigenvalue weighted by Gasteiger charge is 2.31. The number of aromatic nitrogens is 3. The van der Waals surface area contributed by atoms with E-state index in [0.29, 0.717) is 39.5 Å². The van der Waals surface area contributed by atoms with Crippen LogP contribution in [0.25, 0.3) is 17.1 Å². The van der Waals surface area contributed by atoms with Gasteiger partial charge in [0.15, 0.2) is 22.5 Å². The van der Waals surface area contributed by atoms with Crippen LogP contribution in [0, 0.1) is 0 Å². The van der Waals surface area contributed by atoms with Gasteiger partial charge in [0.2, 0.25) is 0 Å². The van der Waals surface area contributed by atoms with Crippen LogP contribution in [0.15, 0.2) is 78.0 Å². The number of halogens is 3. The average Bonchev–Trinajstić information content (AvgIpc) is 3.26. The van der Waals surface area contributed by atoms with E-state index < -0.39 is 11.7 Å². The monoisotopic (exact) mass is 471 g/mol. The molecule has 1 aromatic heterocycles. The van der Waals surface area contributed by atoms with E-state index in [1.165, 1.54) is 32.0 Å². The molecule has 0 atom stereocenters. The van der Waals surface area contributed by atoms with Gasteiger partial charge in [-0.2, -0.15) is 13.2 Å². The Balaban J connectivity index is 1.82. The van der Waals surface area contributed by atoms with Crippen LogP contribution in [0.1, 0.15) is 11.1 Å². The lowest BCUT2D eigenvalue weighted by molar-refractivity contribution is -0.137. The van der Waals surface area contributed by atoms with Crippen molar-refractivity contribution in [2.75, 3.05) is 14.2 Å². The molecule has 3 aromatic carbocycles. The van der Waals surface area contributed by atoms with Gasteiger partial charge >= 0.3 is 6.18 Å². The second kappa shape index (κ2) is 9.58. The maximum Gasteiger partial charge on any atom is 0.416 e. The summed E-state index contributed by atoms with van der Waals surface area (Å²) in [6.45, 7) is 0. The molecular weight excluding hydrogens is 451 g/mol. The normalized spacial score (nSPS) is 11.4. The Morgan fingerprint density at radius 3 is 2.30 bits per heavy atom. The minimum atomic E-state index is -4.47. The fraction of sp³-hybridized carbons (Fsp3) is 0.167. The third-order valence-electron chi connectivity index (χ3n) is 4.92. The Bertz CT molecular complexity index is 1240. The van der Waals surface area contributed by atoms with Gasteiger partial charge in [-0.3, -0.25) is 4.57 Å². The first-order valence-electron chi connectivity index (χ1n) is 9.93. The molecule has 0 amide bonds. The molecule has 0 radical (unpaired) electrons. The van der Waals surface area contributed by atoms with Gasteiger partial charge in [-0.25, -0.2) is 0 Å². The summed E-state index contributed by atoms with van der Waals surface area (Å²) in [5, 5.41) is 9.08. The molecule has 1 heterocycles. The Morgan fingerprint density at radius 1 is 0.848 bits per heavy atom. The topological polar surface area (TPSA) is 49.2 Å². The van der Waals surface area contributed by atoms with Crippen LogP contribution in [0.3, 0.4) is 0 Å². The Hall–Kier alpha value is -3.46. The van der Waals surface area contributed by atoms with Crippen molar-refractivity contribution in [3.05, 3.63) is 83.9 Å². The Morgan fingerprint density at radius 2 is 1.61 bits per heavy atom. The fourth-order valence-electron chi connectivity index (χ4n) is 3.30. The molecule has 0 bridgehead atoms. The Labute approximate surface area is 193 Å². The van der Waals surface area contributed by atoms with E-state index in [4.69, 9.17) is 9.47 Å². The zero-order valence-electron chi connectivity index (χ0n) is 17.8. The molecule has 5 nitrogen and oxygen atoms in total. The van der Waals surface area contributed by atoms with Crippen molar-refractivity contribution in [3.63, 3.8) is 0 Å². The van der Waals surface area contributed by atoms with Crippen LogP contribution in [-0.4, -0.2) is 29.0 Å². The molecule has 0 unspecified atom stereocenters. The lowest BCUT2D eigenvalue weighted by atomic mass is 10.1. The van der Waals surface area contributed by atoms with Crippen molar-refractivity contribution >= 4 is 11.8 Å². The molecule has 4 aromatic rings. The van der Waals surface area contributed by atoms with E-state index in [-0.39, 0.29) is 0 Å². The van der Waals surface area contributed by atoms with Gasteiger partial charge in [-0.05, 0) is 42.0 Å². The third-order valence-corrected chi connectivity index (χ3v) is 5.92. The summed E-state index contributed by atoms with van der Waals surface area (Å²) in [4.78, 5) is 0. The van der Waals surface area contributed by atoms with E-state index in [2.05, 4.69) is 10.2 Å². The maximum atomic E-state index is 13.4. The molecule has 4 rings (SSSR count). The van der Waals surface area contributed by atoms with Crippen molar-refractivity contribution in [2.24, 2.45) is 0 Å². The van der Waals surface area contributed by atoms with Crippen LogP contribution in [-0.2, 0) is 11.9 Å². The lowest BCUT2D eigenvalue weighted by Crippen LogP contribution is -2.07. The molecule has 0 N–H and O–H groups in total. The molecule has 0 aliphatic carbocycles. The lowest BCUT2D eigenvalue weighted by Gasteiger charge is -2.14. The van der Waals surface area contributed by atoms with Crippen molar-refractivity contribution in [1.82, 2.24) is 14.8 Å². The van der Waals surface area contributed by atoms with Gasteiger partial charge in [0.25, 0.3) is 0 Å². The van der Waals surface area contributed by atoms with E-state index in [9.17, 15) is 13.2 Å². The molecule has 0 spiro atoms. The zero-order chi connectivity index (χ0) is 23.4. The van der Waals surface area contributed by atoms with Gasteiger partial charge in [-0.15, -0.1) is 10.2 Å². The predicted octanol–water partition coefficient (Wildman–Crippen LogP) is 6.26. The van der Waals surface area contributed by atoms with E-state index in [1.54, 1.807) is 28.8 Å². The smallest absolute Gasteiger partial charge is 0.416 e. The number of rotatable bonds is 7. The number of alkyl halides is 3. The summed E-state index contributed by atoms with van der Waals surface area (Å²) in [5.41, 5.74) is 1.26. The largest absolute Gasteiger partial charge is 0.493 e. The van der Waals surface area contributed by atoms with Gasteiger partial charge < -0.3 is 9.47 Å². The van der Waals surface area contributed by atoms with Crippen molar-refractivity contribution in [3.8, 4) is 28.6 Å². The number of benzene rings is 3.